The lowest BCUT2D eigenvalue weighted by atomic mass is 10.1. The molecule has 1 heterocycles. The maximum Gasteiger partial charge on any atom is 0.232 e. The quantitative estimate of drug-likeness (QED) is 0.619. The third-order valence-corrected chi connectivity index (χ3v) is 6.33. The van der Waals surface area contributed by atoms with E-state index in [1.165, 1.54) is 16.1 Å². The SMILES string of the molecule is CCN(c1ccc(-c2csc(N[C@H](C)c3ccccc3)n2)cc1)S(C)(=O)=O. The van der Waals surface area contributed by atoms with Crippen molar-refractivity contribution >= 4 is 32.2 Å². The van der Waals surface area contributed by atoms with Crippen LogP contribution >= 0.6 is 11.3 Å². The second-order valence-electron chi connectivity index (χ2n) is 6.29. The van der Waals surface area contributed by atoms with Crippen LogP contribution in [0.2, 0.25) is 0 Å². The highest BCUT2D eigenvalue weighted by molar-refractivity contribution is 7.92. The van der Waals surface area contributed by atoms with Gasteiger partial charge in [0, 0.05) is 17.5 Å². The van der Waals surface area contributed by atoms with Crippen LogP contribution in [0, 0.1) is 0 Å². The van der Waals surface area contributed by atoms with Crippen LogP contribution in [-0.2, 0) is 10.0 Å². The van der Waals surface area contributed by atoms with Crippen LogP contribution in [0.5, 0.6) is 0 Å². The molecule has 0 fully saturated rings. The Kier molecular flexibility index (Phi) is 5.82. The monoisotopic (exact) mass is 401 g/mol. The molecule has 0 aliphatic rings. The van der Waals surface area contributed by atoms with Gasteiger partial charge in [0.15, 0.2) is 5.13 Å². The molecule has 0 radical (unpaired) electrons. The number of nitrogens with one attached hydrogen (secondary N) is 1. The van der Waals surface area contributed by atoms with Crippen molar-refractivity contribution in [1.29, 1.82) is 0 Å². The number of hydrogen-bond acceptors (Lipinski definition) is 5. The fraction of sp³-hybridized carbons (Fsp3) is 0.250. The fourth-order valence-corrected chi connectivity index (χ4v) is 4.67. The molecule has 1 atom stereocenters. The molecule has 0 unspecified atom stereocenters. The van der Waals surface area contributed by atoms with Gasteiger partial charge in [0.25, 0.3) is 0 Å². The first kappa shape index (κ1) is 19.4. The van der Waals surface area contributed by atoms with Gasteiger partial charge < -0.3 is 5.32 Å². The van der Waals surface area contributed by atoms with E-state index >= 15 is 0 Å². The minimum Gasteiger partial charge on any atom is -0.355 e. The highest BCUT2D eigenvalue weighted by Crippen LogP contribution is 2.29. The molecule has 0 spiro atoms. The molecule has 1 aromatic heterocycles. The molecule has 27 heavy (non-hydrogen) atoms. The van der Waals surface area contributed by atoms with Gasteiger partial charge in [0.2, 0.25) is 10.0 Å². The molecule has 0 aliphatic carbocycles. The standard InChI is InChI=1S/C20H23N3O2S2/c1-4-23(27(3,24)25)18-12-10-17(11-13-18)19-14-26-20(22-19)21-15(2)16-8-6-5-7-9-16/h5-15H,4H2,1-3H3,(H,21,22)/t15-/m1/s1. The number of benzene rings is 2. The summed E-state index contributed by atoms with van der Waals surface area (Å²) in [6, 6.07) is 17.9. The first-order chi connectivity index (χ1) is 12.9. The Morgan fingerprint density at radius 3 is 2.37 bits per heavy atom. The first-order valence-corrected chi connectivity index (χ1v) is 11.5. The Morgan fingerprint density at radius 2 is 1.78 bits per heavy atom. The average Bonchev–Trinajstić information content (AvgIpc) is 3.11. The highest BCUT2D eigenvalue weighted by atomic mass is 32.2. The van der Waals surface area contributed by atoms with Gasteiger partial charge in [0.05, 0.1) is 23.7 Å². The summed E-state index contributed by atoms with van der Waals surface area (Å²) < 4.78 is 25.1. The van der Waals surface area contributed by atoms with Crippen LogP contribution in [0.3, 0.4) is 0 Å². The van der Waals surface area contributed by atoms with E-state index in [1.54, 1.807) is 11.3 Å². The number of anilines is 2. The Bertz CT molecular complexity index is 984. The van der Waals surface area contributed by atoms with Gasteiger partial charge in [-0.15, -0.1) is 11.3 Å². The van der Waals surface area contributed by atoms with Gasteiger partial charge >= 0.3 is 0 Å². The van der Waals surface area contributed by atoms with Crippen molar-refractivity contribution in [2.45, 2.75) is 19.9 Å². The van der Waals surface area contributed by atoms with E-state index in [4.69, 9.17) is 0 Å². The molecule has 5 nitrogen and oxygen atoms in total. The largest absolute Gasteiger partial charge is 0.355 e. The molecule has 0 saturated carbocycles. The zero-order chi connectivity index (χ0) is 19.4. The third-order valence-electron chi connectivity index (χ3n) is 4.28. The number of rotatable bonds is 7. The van der Waals surface area contributed by atoms with Crippen molar-refractivity contribution in [1.82, 2.24) is 4.98 Å². The second-order valence-corrected chi connectivity index (χ2v) is 9.05. The fourth-order valence-electron chi connectivity index (χ4n) is 2.89. The third kappa shape index (κ3) is 4.67. The Labute approximate surface area is 164 Å². The van der Waals surface area contributed by atoms with E-state index in [9.17, 15) is 8.42 Å². The molecule has 3 rings (SSSR count). The summed E-state index contributed by atoms with van der Waals surface area (Å²) in [7, 11) is -3.27. The van der Waals surface area contributed by atoms with Gasteiger partial charge in [-0.2, -0.15) is 0 Å². The molecule has 0 aliphatic heterocycles. The molecule has 142 valence electrons. The maximum atomic E-state index is 11.8. The van der Waals surface area contributed by atoms with Crippen molar-refractivity contribution in [3.8, 4) is 11.3 Å². The van der Waals surface area contributed by atoms with Gasteiger partial charge in [-0.1, -0.05) is 42.5 Å². The zero-order valence-electron chi connectivity index (χ0n) is 15.6. The molecule has 7 heteroatoms. The molecule has 3 aromatic rings. The van der Waals surface area contributed by atoms with Crippen molar-refractivity contribution < 1.29 is 8.42 Å². The summed E-state index contributed by atoms with van der Waals surface area (Å²) in [4.78, 5) is 4.66. The predicted octanol–water partition coefficient (Wildman–Crippen LogP) is 4.77. The number of thiazole rings is 1. The molecule has 0 amide bonds. The smallest absolute Gasteiger partial charge is 0.232 e. The molecule has 1 N–H and O–H groups in total. The second kappa shape index (κ2) is 8.10. The van der Waals surface area contributed by atoms with E-state index in [-0.39, 0.29) is 6.04 Å². The maximum absolute atomic E-state index is 11.8. The number of nitrogens with zero attached hydrogens (tertiary/aromatic N) is 2. The molecule has 0 saturated heterocycles. The summed E-state index contributed by atoms with van der Waals surface area (Å²) in [6.45, 7) is 4.33. The predicted molar refractivity (Wildman–Crippen MR) is 114 cm³/mol. The lowest BCUT2D eigenvalue weighted by Crippen LogP contribution is -2.29. The van der Waals surface area contributed by atoms with Crippen molar-refractivity contribution in [2.75, 3.05) is 22.4 Å². The number of aromatic nitrogens is 1. The highest BCUT2D eigenvalue weighted by Gasteiger charge is 2.15. The number of hydrogen-bond donors (Lipinski definition) is 1. The molecule has 0 bridgehead atoms. The number of sulfonamides is 1. The van der Waals surface area contributed by atoms with Crippen LogP contribution in [0.1, 0.15) is 25.5 Å². The zero-order valence-corrected chi connectivity index (χ0v) is 17.2. The van der Waals surface area contributed by atoms with Gasteiger partial charge in [0.1, 0.15) is 0 Å². The Morgan fingerprint density at radius 1 is 1.11 bits per heavy atom. The van der Waals surface area contributed by atoms with E-state index in [0.717, 1.165) is 16.4 Å². The van der Waals surface area contributed by atoms with Crippen LogP contribution in [0.4, 0.5) is 10.8 Å². The minimum atomic E-state index is -3.27. The van der Waals surface area contributed by atoms with E-state index in [2.05, 4.69) is 29.4 Å². The summed E-state index contributed by atoms with van der Waals surface area (Å²) in [5.74, 6) is 0. The molecular formula is C20H23N3O2S2. The van der Waals surface area contributed by atoms with Gasteiger partial charge in [-0.3, -0.25) is 4.31 Å². The topological polar surface area (TPSA) is 62.3 Å². The Hall–Kier alpha value is -2.38. The Balaban J connectivity index is 1.75. The van der Waals surface area contributed by atoms with Crippen LogP contribution < -0.4 is 9.62 Å². The van der Waals surface area contributed by atoms with Crippen molar-refractivity contribution in [3.05, 3.63) is 65.5 Å². The summed E-state index contributed by atoms with van der Waals surface area (Å²) in [5, 5.41) is 6.29. The summed E-state index contributed by atoms with van der Waals surface area (Å²) in [5.41, 5.74) is 3.70. The van der Waals surface area contributed by atoms with E-state index in [0.29, 0.717) is 12.2 Å². The summed E-state index contributed by atoms with van der Waals surface area (Å²) >= 11 is 1.56. The van der Waals surface area contributed by atoms with Crippen molar-refractivity contribution in [2.24, 2.45) is 0 Å². The van der Waals surface area contributed by atoms with Crippen LogP contribution in [-0.4, -0.2) is 26.2 Å². The molecular weight excluding hydrogens is 378 g/mol. The van der Waals surface area contributed by atoms with Crippen LogP contribution in [0.25, 0.3) is 11.3 Å². The summed E-state index contributed by atoms with van der Waals surface area (Å²) in [6.07, 6.45) is 1.22. The normalized spacial score (nSPS) is 12.6. The minimum absolute atomic E-state index is 0.167. The lowest BCUT2D eigenvalue weighted by molar-refractivity contribution is 0.598. The van der Waals surface area contributed by atoms with Crippen LogP contribution in [0.15, 0.2) is 60.0 Å². The van der Waals surface area contributed by atoms with E-state index < -0.39 is 10.0 Å². The van der Waals surface area contributed by atoms with E-state index in [1.807, 2.05) is 54.8 Å². The average molecular weight is 402 g/mol. The van der Waals surface area contributed by atoms with Gasteiger partial charge in [-0.25, -0.2) is 13.4 Å². The van der Waals surface area contributed by atoms with Gasteiger partial charge in [-0.05, 0) is 31.5 Å². The first-order valence-electron chi connectivity index (χ1n) is 8.73. The lowest BCUT2D eigenvalue weighted by Gasteiger charge is -2.20. The molecule has 2 aromatic carbocycles. The van der Waals surface area contributed by atoms with Crippen molar-refractivity contribution in [3.63, 3.8) is 0 Å².